The van der Waals surface area contributed by atoms with Crippen LogP contribution in [0.4, 0.5) is 0 Å². The maximum absolute atomic E-state index is 12.1. The molecule has 0 aliphatic heterocycles. The highest BCUT2D eigenvalue weighted by Crippen LogP contribution is 2.23. The lowest BCUT2D eigenvalue weighted by Crippen LogP contribution is -2.40. The van der Waals surface area contributed by atoms with Crippen LogP contribution in [-0.2, 0) is 23.9 Å². The second kappa shape index (κ2) is 11.0. The van der Waals surface area contributed by atoms with E-state index in [2.05, 4.69) is 4.90 Å². The molecule has 0 fully saturated rings. The molecular weight excluding hydrogens is 302 g/mol. The number of rotatable bonds is 11. The summed E-state index contributed by atoms with van der Waals surface area (Å²) < 4.78 is 10.2. The third-order valence-electron chi connectivity index (χ3n) is 3.86. The van der Waals surface area contributed by atoms with E-state index in [1.807, 2.05) is 13.8 Å². The zero-order valence-corrected chi connectivity index (χ0v) is 14.7. The van der Waals surface area contributed by atoms with Crippen molar-refractivity contribution in [2.24, 2.45) is 11.8 Å². The van der Waals surface area contributed by atoms with Gasteiger partial charge < -0.3 is 19.5 Å². The van der Waals surface area contributed by atoms with Gasteiger partial charge in [-0.25, -0.2) is 0 Å². The molecule has 0 rings (SSSR count). The Morgan fingerprint density at radius 3 is 2.09 bits per heavy atom. The van der Waals surface area contributed by atoms with Crippen molar-refractivity contribution in [1.29, 1.82) is 0 Å². The van der Waals surface area contributed by atoms with Gasteiger partial charge in [0.25, 0.3) is 0 Å². The molecule has 0 spiro atoms. The van der Waals surface area contributed by atoms with Gasteiger partial charge in [0.05, 0.1) is 5.92 Å². The minimum atomic E-state index is -1.17. The van der Waals surface area contributed by atoms with Gasteiger partial charge in [-0.05, 0) is 19.5 Å². The lowest BCUT2D eigenvalue weighted by Gasteiger charge is -2.26. The Morgan fingerprint density at radius 1 is 1.13 bits per heavy atom. The van der Waals surface area contributed by atoms with Crippen molar-refractivity contribution in [3.8, 4) is 0 Å². The first-order valence-corrected chi connectivity index (χ1v) is 8.07. The summed E-state index contributed by atoms with van der Waals surface area (Å²) in [6.45, 7) is 11.0. The quantitative estimate of drug-likeness (QED) is 0.574. The fraction of sp³-hybridized carbons (Fsp3) is 0.812. The van der Waals surface area contributed by atoms with Gasteiger partial charge in [-0.2, -0.15) is 0 Å². The molecule has 1 N–H and O–H groups in total. The molecule has 7 heteroatoms. The Balaban J connectivity index is 4.75. The third-order valence-corrected chi connectivity index (χ3v) is 3.86. The number of esters is 2. The van der Waals surface area contributed by atoms with Crippen LogP contribution in [0.15, 0.2) is 0 Å². The normalized spacial score (nSPS) is 14.9. The van der Waals surface area contributed by atoms with Crippen LogP contribution in [0.25, 0.3) is 0 Å². The third kappa shape index (κ3) is 7.45. The molecule has 23 heavy (non-hydrogen) atoms. The first-order chi connectivity index (χ1) is 10.8. The number of carbonyl (C=O) groups is 3. The van der Waals surface area contributed by atoms with Crippen LogP contribution < -0.4 is 0 Å². The van der Waals surface area contributed by atoms with E-state index in [1.165, 1.54) is 13.8 Å². The van der Waals surface area contributed by atoms with Gasteiger partial charge in [-0.3, -0.25) is 14.4 Å². The number of carbonyl (C=O) groups excluding carboxylic acids is 2. The molecule has 0 aromatic heterocycles. The zero-order chi connectivity index (χ0) is 18.0. The van der Waals surface area contributed by atoms with E-state index >= 15 is 0 Å². The van der Waals surface area contributed by atoms with E-state index in [4.69, 9.17) is 9.47 Å². The van der Waals surface area contributed by atoms with Gasteiger partial charge in [-0.1, -0.05) is 27.7 Å². The Bertz CT molecular complexity index is 394. The number of likely N-dealkylation sites (N-methyl/N-ethyl adjacent to an activating group) is 1. The number of carboxylic acid groups (broad SMARTS) is 1. The average molecular weight is 331 g/mol. The molecule has 0 aromatic rings. The summed E-state index contributed by atoms with van der Waals surface area (Å²) >= 11 is 0. The Hall–Kier alpha value is -1.63. The van der Waals surface area contributed by atoms with E-state index in [-0.39, 0.29) is 6.61 Å². The standard InChI is InChI=1S/C16H29NO6/c1-6-13(23-12(5)18)14(15(19)20)11(4)16(21)22-10-9-17(7-2)8-3/h11,13-14H,6-10H2,1-5H3,(H,19,20). The van der Waals surface area contributed by atoms with Crippen LogP contribution in [0.2, 0.25) is 0 Å². The molecule has 0 bridgehead atoms. The molecule has 0 aliphatic rings. The zero-order valence-electron chi connectivity index (χ0n) is 14.7. The molecule has 7 nitrogen and oxygen atoms in total. The molecule has 0 aromatic carbocycles. The van der Waals surface area contributed by atoms with Gasteiger partial charge in [0.15, 0.2) is 0 Å². The topological polar surface area (TPSA) is 93.1 Å². The van der Waals surface area contributed by atoms with Gasteiger partial charge in [0.1, 0.15) is 18.6 Å². The monoisotopic (exact) mass is 331 g/mol. The lowest BCUT2D eigenvalue weighted by molar-refractivity contribution is -0.168. The number of hydrogen-bond donors (Lipinski definition) is 1. The van der Waals surface area contributed by atoms with Crippen LogP contribution in [-0.4, -0.2) is 60.3 Å². The van der Waals surface area contributed by atoms with Gasteiger partial charge >= 0.3 is 17.9 Å². The molecule has 3 atom stereocenters. The summed E-state index contributed by atoms with van der Waals surface area (Å²) in [5, 5.41) is 9.39. The highest BCUT2D eigenvalue weighted by molar-refractivity contribution is 5.81. The van der Waals surface area contributed by atoms with E-state index < -0.39 is 35.8 Å². The summed E-state index contributed by atoms with van der Waals surface area (Å²) in [5.41, 5.74) is 0. The van der Waals surface area contributed by atoms with E-state index in [1.54, 1.807) is 6.92 Å². The summed E-state index contributed by atoms with van der Waals surface area (Å²) in [4.78, 5) is 36.8. The van der Waals surface area contributed by atoms with E-state index in [9.17, 15) is 19.5 Å². The van der Waals surface area contributed by atoms with Crippen LogP contribution in [0.5, 0.6) is 0 Å². The molecule has 0 heterocycles. The molecule has 3 unspecified atom stereocenters. The maximum atomic E-state index is 12.1. The van der Waals surface area contributed by atoms with Gasteiger partial charge in [-0.15, -0.1) is 0 Å². The van der Waals surface area contributed by atoms with Crippen molar-refractivity contribution < 1.29 is 29.0 Å². The van der Waals surface area contributed by atoms with E-state index in [0.717, 1.165) is 13.1 Å². The Morgan fingerprint density at radius 2 is 1.70 bits per heavy atom. The van der Waals surface area contributed by atoms with Gasteiger partial charge in [0.2, 0.25) is 0 Å². The fourth-order valence-corrected chi connectivity index (χ4v) is 2.41. The van der Waals surface area contributed by atoms with Gasteiger partial charge in [0, 0.05) is 13.5 Å². The summed E-state index contributed by atoms with van der Waals surface area (Å²) in [5.74, 6) is -4.34. The van der Waals surface area contributed by atoms with Crippen LogP contribution in [0.3, 0.4) is 0 Å². The maximum Gasteiger partial charge on any atom is 0.311 e. The Kier molecular flexibility index (Phi) is 10.2. The van der Waals surface area contributed by atoms with Crippen molar-refractivity contribution in [1.82, 2.24) is 4.90 Å². The van der Waals surface area contributed by atoms with Crippen molar-refractivity contribution in [3.05, 3.63) is 0 Å². The summed E-state index contributed by atoms with van der Waals surface area (Å²) in [7, 11) is 0. The molecule has 0 radical (unpaired) electrons. The first-order valence-electron chi connectivity index (χ1n) is 8.07. The molecule has 0 saturated carbocycles. The number of aliphatic carboxylic acids is 1. The highest BCUT2D eigenvalue weighted by atomic mass is 16.5. The average Bonchev–Trinajstić information content (AvgIpc) is 2.49. The number of nitrogens with zero attached hydrogens (tertiary/aromatic N) is 1. The molecule has 0 amide bonds. The van der Waals surface area contributed by atoms with Crippen LogP contribution in [0, 0.1) is 11.8 Å². The van der Waals surface area contributed by atoms with Crippen LogP contribution >= 0.6 is 0 Å². The fourth-order valence-electron chi connectivity index (χ4n) is 2.41. The highest BCUT2D eigenvalue weighted by Gasteiger charge is 2.38. The molecule has 0 aliphatic carbocycles. The summed E-state index contributed by atoms with van der Waals surface area (Å²) in [6, 6.07) is 0. The smallest absolute Gasteiger partial charge is 0.311 e. The van der Waals surface area contributed by atoms with Crippen LogP contribution in [0.1, 0.15) is 41.0 Å². The van der Waals surface area contributed by atoms with Crippen molar-refractivity contribution in [3.63, 3.8) is 0 Å². The van der Waals surface area contributed by atoms with E-state index in [0.29, 0.717) is 13.0 Å². The molecule has 134 valence electrons. The van der Waals surface area contributed by atoms with Crippen molar-refractivity contribution in [2.75, 3.05) is 26.2 Å². The van der Waals surface area contributed by atoms with Crippen molar-refractivity contribution in [2.45, 2.75) is 47.1 Å². The minimum absolute atomic E-state index is 0.210. The number of hydrogen-bond acceptors (Lipinski definition) is 6. The molecule has 0 saturated heterocycles. The minimum Gasteiger partial charge on any atom is -0.481 e. The summed E-state index contributed by atoms with van der Waals surface area (Å²) in [6.07, 6.45) is -0.538. The Labute approximate surface area is 137 Å². The number of carboxylic acids is 1. The lowest BCUT2D eigenvalue weighted by atomic mass is 9.87. The first kappa shape index (κ1) is 21.4. The second-order valence-corrected chi connectivity index (χ2v) is 5.40. The second-order valence-electron chi connectivity index (χ2n) is 5.40. The predicted octanol–water partition coefficient (Wildman–Crippen LogP) is 1.55. The molecular formula is C16H29NO6. The van der Waals surface area contributed by atoms with Crippen molar-refractivity contribution >= 4 is 17.9 Å². The predicted molar refractivity (Wildman–Crippen MR) is 84.9 cm³/mol. The SMILES string of the molecule is CCC(OC(C)=O)C(C(=O)O)C(C)C(=O)OCCN(CC)CC. The largest absolute Gasteiger partial charge is 0.481 e. The number of ether oxygens (including phenoxy) is 2.